The summed E-state index contributed by atoms with van der Waals surface area (Å²) >= 11 is 3.01. The van der Waals surface area contributed by atoms with Gasteiger partial charge in [0, 0.05) is 11.1 Å². The summed E-state index contributed by atoms with van der Waals surface area (Å²) in [6, 6.07) is 11.8. The van der Waals surface area contributed by atoms with Crippen molar-refractivity contribution < 1.29 is 9.21 Å². The van der Waals surface area contributed by atoms with E-state index in [2.05, 4.69) is 39.6 Å². The number of amides is 1. The van der Waals surface area contributed by atoms with Gasteiger partial charge in [0.15, 0.2) is 5.16 Å². The van der Waals surface area contributed by atoms with E-state index in [-0.39, 0.29) is 5.91 Å². The molecule has 0 radical (unpaired) electrons. The average molecular weight is 426 g/mol. The number of furan rings is 1. The molecule has 0 bridgehead atoms. The van der Waals surface area contributed by atoms with Crippen molar-refractivity contribution in [1.82, 2.24) is 25.1 Å². The van der Waals surface area contributed by atoms with Crippen molar-refractivity contribution in [1.29, 1.82) is 0 Å². The monoisotopic (exact) mass is 425 g/mol. The van der Waals surface area contributed by atoms with Crippen molar-refractivity contribution in [2.75, 3.05) is 0 Å². The number of aromatic nitrogens is 4. The quantitative estimate of drug-likeness (QED) is 0.448. The Kier molecular flexibility index (Phi) is 5.77. The van der Waals surface area contributed by atoms with Gasteiger partial charge in [-0.2, -0.15) is 0 Å². The average Bonchev–Trinajstić information content (AvgIpc) is 3.46. The fourth-order valence-corrected chi connectivity index (χ4v) is 4.57. The van der Waals surface area contributed by atoms with Gasteiger partial charge in [0.05, 0.1) is 18.6 Å². The van der Waals surface area contributed by atoms with Gasteiger partial charge in [0.1, 0.15) is 22.3 Å². The predicted octanol–water partition coefficient (Wildman–Crippen LogP) is 4.16. The van der Waals surface area contributed by atoms with Crippen LogP contribution in [0.1, 0.15) is 32.6 Å². The lowest BCUT2D eigenvalue weighted by Crippen LogP contribution is -2.22. The van der Waals surface area contributed by atoms with Crippen LogP contribution < -0.4 is 5.32 Å². The largest absolute Gasteiger partial charge is 0.467 e. The van der Waals surface area contributed by atoms with Crippen molar-refractivity contribution >= 4 is 29.0 Å². The molecule has 3 heterocycles. The molecule has 7 nitrogen and oxygen atoms in total. The zero-order valence-electron chi connectivity index (χ0n) is 16.0. The topological polar surface area (TPSA) is 85.8 Å². The molecule has 0 saturated carbocycles. The molecule has 1 N–H and O–H groups in total. The maximum atomic E-state index is 12.3. The van der Waals surface area contributed by atoms with Crippen LogP contribution in [0.5, 0.6) is 0 Å². The molecule has 0 aliphatic heterocycles. The molecule has 3 aromatic heterocycles. The van der Waals surface area contributed by atoms with Gasteiger partial charge in [-0.3, -0.25) is 9.36 Å². The molecular formula is C20H19N5O2S2. The highest BCUT2D eigenvalue weighted by Crippen LogP contribution is 2.26. The van der Waals surface area contributed by atoms with Crippen molar-refractivity contribution in [2.45, 2.75) is 31.3 Å². The number of aryl methyl sites for hydroxylation is 2. The Morgan fingerprint density at radius 2 is 2.14 bits per heavy atom. The smallest absolute Gasteiger partial charge is 0.271 e. The Balaban J connectivity index is 1.41. The Labute approximate surface area is 176 Å². The Morgan fingerprint density at radius 1 is 1.24 bits per heavy atom. The van der Waals surface area contributed by atoms with Crippen molar-refractivity contribution in [3.8, 4) is 5.69 Å². The summed E-state index contributed by atoms with van der Waals surface area (Å²) in [7, 11) is 0. The number of hydrogen-bond acceptors (Lipinski definition) is 7. The van der Waals surface area contributed by atoms with Crippen LogP contribution in [-0.4, -0.2) is 25.7 Å². The van der Waals surface area contributed by atoms with Gasteiger partial charge >= 0.3 is 0 Å². The maximum absolute atomic E-state index is 12.3. The summed E-state index contributed by atoms with van der Waals surface area (Å²) < 4.78 is 7.25. The van der Waals surface area contributed by atoms with Crippen LogP contribution in [0.4, 0.5) is 0 Å². The van der Waals surface area contributed by atoms with Gasteiger partial charge < -0.3 is 9.73 Å². The number of rotatable bonds is 7. The third-order valence-corrected chi connectivity index (χ3v) is 6.14. The van der Waals surface area contributed by atoms with E-state index < -0.39 is 0 Å². The number of thiazole rings is 1. The minimum absolute atomic E-state index is 0.215. The zero-order chi connectivity index (χ0) is 20.2. The lowest BCUT2D eigenvalue weighted by Gasteiger charge is -2.08. The summed E-state index contributed by atoms with van der Waals surface area (Å²) in [6.07, 6.45) is 1.58. The van der Waals surface area contributed by atoms with E-state index in [0.29, 0.717) is 23.8 Å². The molecule has 0 aliphatic carbocycles. The minimum Gasteiger partial charge on any atom is -0.467 e. The summed E-state index contributed by atoms with van der Waals surface area (Å²) in [6.45, 7) is 4.33. The summed E-state index contributed by atoms with van der Waals surface area (Å²) in [4.78, 5) is 16.7. The lowest BCUT2D eigenvalue weighted by molar-refractivity contribution is 0.0943. The van der Waals surface area contributed by atoms with Crippen LogP contribution in [-0.2, 0) is 12.3 Å². The van der Waals surface area contributed by atoms with E-state index in [9.17, 15) is 4.79 Å². The highest BCUT2D eigenvalue weighted by atomic mass is 32.2. The van der Waals surface area contributed by atoms with Crippen LogP contribution >= 0.6 is 23.1 Å². The van der Waals surface area contributed by atoms with Crippen molar-refractivity contribution in [3.63, 3.8) is 0 Å². The fourth-order valence-electron chi connectivity index (χ4n) is 2.78. The molecule has 4 aromatic rings. The summed E-state index contributed by atoms with van der Waals surface area (Å²) in [5, 5.41) is 14.7. The van der Waals surface area contributed by atoms with Gasteiger partial charge in [-0.1, -0.05) is 23.9 Å². The first-order valence-electron chi connectivity index (χ1n) is 8.97. The summed E-state index contributed by atoms with van der Waals surface area (Å²) in [5.41, 5.74) is 2.62. The van der Waals surface area contributed by atoms with Crippen LogP contribution in [0.25, 0.3) is 5.69 Å². The zero-order valence-corrected chi connectivity index (χ0v) is 17.6. The lowest BCUT2D eigenvalue weighted by atomic mass is 10.2. The van der Waals surface area contributed by atoms with Gasteiger partial charge in [0.25, 0.3) is 5.91 Å². The number of thioether (sulfide) groups is 1. The molecule has 4 rings (SSSR count). The number of carbonyl (C=O) groups is 1. The molecule has 0 unspecified atom stereocenters. The van der Waals surface area contributed by atoms with E-state index in [1.54, 1.807) is 29.5 Å². The van der Waals surface area contributed by atoms with E-state index in [1.165, 1.54) is 16.9 Å². The van der Waals surface area contributed by atoms with Crippen LogP contribution in [0.3, 0.4) is 0 Å². The SMILES string of the molecule is Cc1cccc(-n2c(C)nnc2SCc2nc(C(=O)NCc3ccco3)cs2)c1. The Morgan fingerprint density at radius 3 is 2.93 bits per heavy atom. The molecule has 0 saturated heterocycles. The second-order valence-electron chi connectivity index (χ2n) is 6.38. The summed E-state index contributed by atoms with van der Waals surface area (Å²) in [5.74, 6) is 1.93. The first kappa shape index (κ1) is 19.4. The second kappa shape index (κ2) is 8.62. The molecule has 0 spiro atoms. The fraction of sp³-hybridized carbons (Fsp3) is 0.200. The molecular weight excluding hydrogens is 406 g/mol. The third-order valence-electron chi connectivity index (χ3n) is 4.17. The second-order valence-corrected chi connectivity index (χ2v) is 8.27. The minimum atomic E-state index is -0.215. The number of benzene rings is 1. The number of nitrogens with one attached hydrogen (secondary N) is 1. The van der Waals surface area contributed by atoms with Crippen molar-refractivity contribution in [2.24, 2.45) is 0 Å². The highest BCUT2D eigenvalue weighted by molar-refractivity contribution is 7.98. The molecule has 0 atom stereocenters. The van der Waals surface area contributed by atoms with Gasteiger partial charge in [0.2, 0.25) is 0 Å². The Bertz CT molecular complexity index is 1120. The molecule has 1 aromatic carbocycles. The third kappa shape index (κ3) is 4.57. The van der Waals surface area contributed by atoms with Crippen LogP contribution in [0.15, 0.2) is 57.6 Å². The highest BCUT2D eigenvalue weighted by Gasteiger charge is 2.15. The standard InChI is InChI=1S/C20H19N5O2S2/c1-13-5-3-6-15(9-13)25-14(2)23-24-20(25)29-12-18-22-17(11-28-18)19(26)21-10-16-7-4-8-27-16/h3-9,11H,10,12H2,1-2H3,(H,21,26). The first-order chi connectivity index (χ1) is 14.1. The Hall–Kier alpha value is -2.91. The molecule has 0 fully saturated rings. The molecule has 0 aliphatic rings. The first-order valence-corrected chi connectivity index (χ1v) is 10.8. The van der Waals surface area contributed by atoms with Gasteiger partial charge in [-0.25, -0.2) is 4.98 Å². The van der Waals surface area contributed by atoms with Crippen LogP contribution in [0, 0.1) is 13.8 Å². The maximum Gasteiger partial charge on any atom is 0.271 e. The number of nitrogens with zero attached hydrogens (tertiary/aromatic N) is 4. The van der Waals surface area contributed by atoms with E-state index in [4.69, 9.17) is 4.42 Å². The normalized spacial score (nSPS) is 11.0. The predicted molar refractivity (Wildman–Crippen MR) is 112 cm³/mol. The van der Waals surface area contributed by atoms with E-state index in [1.807, 2.05) is 29.7 Å². The molecule has 29 heavy (non-hydrogen) atoms. The molecule has 1 amide bonds. The number of carbonyl (C=O) groups excluding carboxylic acids is 1. The van der Waals surface area contributed by atoms with Crippen LogP contribution in [0.2, 0.25) is 0 Å². The van der Waals surface area contributed by atoms with Gasteiger partial charge in [-0.15, -0.1) is 21.5 Å². The van der Waals surface area contributed by atoms with E-state index in [0.717, 1.165) is 21.7 Å². The molecule has 9 heteroatoms. The molecule has 148 valence electrons. The van der Waals surface area contributed by atoms with E-state index >= 15 is 0 Å². The number of hydrogen-bond donors (Lipinski definition) is 1. The van der Waals surface area contributed by atoms with Gasteiger partial charge in [-0.05, 0) is 43.7 Å². The van der Waals surface area contributed by atoms with Crippen molar-refractivity contribution in [3.05, 3.63) is 75.9 Å².